The van der Waals surface area contributed by atoms with E-state index in [2.05, 4.69) is 4.72 Å². The van der Waals surface area contributed by atoms with Crippen molar-refractivity contribution in [2.75, 3.05) is 5.88 Å². The number of benzene rings is 1. The van der Waals surface area contributed by atoms with E-state index in [1.54, 1.807) is 13.8 Å². The molecule has 3 nitrogen and oxygen atoms in total. The Balaban J connectivity index is 3.14. The number of hydrogen-bond acceptors (Lipinski definition) is 2. The van der Waals surface area contributed by atoms with Gasteiger partial charge in [0.15, 0.2) is 0 Å². The first kappa shape index (κ1) is 18.3. The van der Waals surface area contributed by atoms with Crippen LogP contribution in [-0.2, 0) is 16.2 Å². The minimum atomic E-state index is -4.59. The van der Waals surface area contributed by atoms with Crippen molar-refractivity contribution in [2.24, 2.45) is 0 Å². The number of hydrogen-bond donors (Lipinski definition) is 1. The summed E-state index contributed by atoms with van der Waals surface area (Å²) in [5, 5.41) is 0. The fourth-order valence-corrected chi connectivity index (χ4v) is 3.70. The number of rotatable bonds is 6. The smallest absolute Gasteiger partial charge is 0.207 e. The summed E-state index contributed by atoms with van der Waals surface area (Å²) in [6, 6.07) is 3.66. The maximum atomic E-state index is 12.6. The minimum Gasteiger partial charge on any atom is -0.207 e. The van der Waals surface area contributed by atoms with Crippen LogP contribution in [0.1, 0.15) is 32.3 Å². The first-order valence-corrected chi connectivity index (χ1v) is 8.33. The van der Waals surface area contributed by atoms with Crippen molar-refractivity contribution >= 4 is 21.6 Å². The molecule has 0 aliphatic carbocycles. The maximum Gasteiger partial charge on any atom is 0.416 e. The number of alkyl halides is 4. The van der Waals surface area contributed by atoms with E-state index in [4.69, 9.17) is 11.6 Å². The Bertz CT molecular complexity index is 589. The fraction of sp³-hybridized carbons (Fsp3) is 0.538. The van der Waals surface area contributed by atoms with Crippen molar-refractivity contribution in [1.82, 2.24) is 4.72 Å². The Morgan fingerprint density at radius 3 is 2.38 bits per heavy atom. The summed E-state index contributed by atoms with van der Waals surface area (Å²) >= 11 is 5.64. The normalized spacial score (nSPS) is 15.7. The summed E-state index contributed by atoms with van der Waals surface area (Å²) in [5.41, 5.74) is -1.80. The Kier molecular flexibility index (Phi) is 5.69. The highest BCUT2D eigenvalue weighted by Gasteiger charge is 2.33. The molecule has 1 unspecified atom stereocenters. The van der Waals surface area contributed by atoms with Crippen LogP contribution in [-0.4, -0.2) is 19.8 Å². The molecule has 0 saturated carbocycles. The lowest BCUT2D eigenvalue weighted by Gasteiger charge is -2.28. The average Bonchev–Trinajstić information content (AvgIpc) is 2.37. The van der Waals surface area contributed by atoms with E-state index in [0.29, 0.717) is 18.9 Å². The molecule has 120 valence electrons. The van der Waals surface area contributed by atoms with Crippen molar-refractivity contribution in [2.45, 2.75) is 43.3 Å². The quantitative estimate of drug-likeness (QED) is 0.799. The van der Waals surface area contributed by atoms with Gasteiger partial charge in [0.25, 0.3) is 0 Å². The number of halogens is 4. The fourth-order valence-electron chi connectivity index (χ4n) is 1.73. The largest absolute Gasteiger partial charge is 0.416 e. The van der Waals surface area contributed by atoms with Gasteiger partial charge < -0.3 is 0 Å². The van der Waals surface area contributed by atoms with Crippen molar-refractivity contribution in [3.63, 3.8) is 0 Å². The SMILES string of the molecule is CCC(C)(CCCl)NS(=O)(=O)c1cccc(C(F)(F)F)c1. The number of sulfonamides is 1. The molecule has 1 N–H and O–H groups in total. The summed E-state index contributed by atoms with van der Waals surface area (Å²) in [6.07, 6.45) is -3.74. The average molecular weight is 344 g/mol. The minimum absolute atomic E-state index is 0.245. The van der Waals surface area contributed by atoms with Gasteiger partial charge in [0.1, 0.15) is 0 Å². The zero-order valence-corrected chi connectivity index (χ0v) is 13.2. The van der Waals surface area contributed by atoms with E-state index in [0.717, 1.165) is 18.2 Å². The highest BCUT2D eigenvalue weighted by molar-refractivity contribution is 7.89. The summed E-state index contributed by atoms with van der Waals surface area (Å²) in [7, 11) is -4.04. The third-order valence-electron chi connectivity index (χ3n) is 3.28. The van der Waals surface area contributed by atoms with E-state index in [-0.39, 0.29) is 5.88 Å². The molecule has 8 heteroatoms. The summed E-state index contributed by atoms with van der Waals surface area (Å²) in [4.78, 5) is -0.411. The second kappa shape index (κ2) is 6.54. The summed E-state index contributed by atoms with van der Waals surface area (Å²) in [5.74, 6) is 0.245. The molecule has 0 heterocycles. The van der Waals surface area contributed by atoms with Gasteiger partial charge in [-0.05, 0) is 38.0 Å². The lowest BCUT2D eigenvalue weighted by Crippen LogP contribution is -2.45. The molecule has 0 saturated heterocycles. The topological polar surface area (TPSA) is 46.2 Å². The van der Waals surface area contributed by atoms with Gasteiger partial charge in [-0.1, -0.05) is 13.0 Å². The molecule has 0 aliphatic heterocycles. The Morgan fingerprint density at radius 2 is 1.90 bits per heavy atom. The van der Waals surface area contributed by atoms with Crippen LogP contribution in [0.4, 0.5) is 13.2 Å². The van der Waals surface area contributed by atoms with E-state index in [1.807, 2.05) is 0 Å². The van der Waals surface area contributed by atoms with Crippen LogP contribution >= 0.6 is 11.6 Å². The molecule has 1 aromatic carbocycles. The third kappa shape index (κ3) is 4.86. The van der Waals surface area contributed by atoms with E-state index in [9.17, 15) is 21.6 Å². The Hall–Kier alpha value is -0.790. The number of nitrogens with one attached hydrogen (secondary N) is 1. The molecule has 0 amide bonds. The standard InChI is InChI=1S/C13H17ClF3NO2S/c1-3-12(2,7-8-14)18-21(19,20)11-6-4-5-10(9-11)13(15,16)17/h4-6,9,18H,3,7-8H2,1-2H3. The first-order chi connectivity index (χ1) is 9.54. The van der Waals surface area contributed by atoms with Crippen LogP contribution < -0.4 is 4.72 Å². The molecule has 0 bridgehead atoms. The molecule has 0 fully saturated rings. The third-order valence-corrected chi connectivity index (χ3v) is 5.10. The molecule has 1 rings (SSSR count). The zero-order valence-electron chi connectivity index (χ0n) is 11.7. The van der Waals surface area contributed by atoms with Gasteiger partial charge >= 0.3 is 6.18 Å². The molecule has 0 aromatic heterocycles. The lowest BCUT2D eigenvalue weighted by molar-refractivity contribution is -0.137. The molecular weight excluding hydrogens is 327 g/mol. The van der Waals surface area contributed by atoms with Crippen molar-refractivity contribution in [1.29, 1.82) is 0 Å². The Morgan fingerprint density at radius 1 is 1.29 bits per heavy atom. The van der Waals surface area contributed by atoms with Crippen molar-refractivity contribution in [3.8, 4) is 0 Å². The molecule has 0 spiro atoms. The molecule has 0 radical (unpaired) electrons. The van der Waals surface area contributed by atoms with Crippen LogP contribution in [0.2, 0.25) is 0 Å². The monoisotopic (exact) mass is 343 g/mol. The predicted molar refractivity (Wildman–Crippen MR) is 75.8 cm³/mol. The highest BCUT2D eigenvalue weighted by atomic mass is 35.5. The van der Waals surface area contributed by atoms with Crippen LogP contribution in [0, 0.1) is 0 Å². The van der Waals surface area contributed by atoms with Crippen LogP contribution in [0.3, 0.4) is 0 Å². The lowest BCUT2D eigenvalue weighted by atomic mass is 9.97. The van der Waals surface area contributed by atoms with Crippen molar-refractivity contribution < 1.29 is 21.6 Å². The van der Waals surface area contributed by atoms with Crippen LogP contribution in [0.25, 0.3) is 0 Å². The molecule has 0 aliphatic rings. The van der Waals surface area contributed by atoms with E-state index >= 15 is 0 Å². The van der Waals surface area contributed by atoms with Gasteiger partial charge in [-0.3, -0.25) is 0 Å². The summed E-state index contributed by atoms with van der Waals surface area (Å²) in [6.45, 7) is 3.45. The van der Waals surface area contributed by atoms with Gasteiger partial charge in [0.05, 0.1) is 10.5 Å². The van der Waals surface area contributed by atoms with E-state index < -0.39 is 32.2 Å². The van der Waals surface area contributed by atoms with Crippen LogP contribution in [0.15, 0.2) is 29.2 Å². The van der Waals surface area contributed by atoms with Crippen LogP contribution in [0.5, 0.6) is 0 Å². The molecule has 21 heavy (non-hydrogen) atoms. The molecule has 1 atom stereocenters. The van der Waals surface area contributed by atoms with Crippen molar-refractivity contribution in [3.05, 3.63) is 29.8 Å². The second-order valence-electron chi connectivity index (χ2n) is 4.98. The predicted octanol–water partition coefficient (Wildman–Crippen LogP) is 3.78. The second-order valence-corrected chi connectivity index (χ2v) is 7.04. The van der Waals surface area contributed by atoms with Gasteiger partial charge in [-0.2, -0.15) is 13.2 Å². The zero-order chi connectivity index (χ0) is 16.3. The van der Waals surface area contributed by atoms with Gasteiger partial charge in [-0.15, -0.1) is 11.6 Å². The van der Waals surface area contributed by atoms with Gasteiger partial charge in [0.2, 0.25) is 10.0 Å². The first-order valence-electron chi connectivity index (χ1n) is 6.31. The molecular formula is C13H17ClF3NO2S. The maximum absolute atomic E-state index is 12.6. The van der Waals surface area contributed by atoms with Gasteiger partial charge in [-0.25, -0.2) is 13.1 Å². The molecule has 1 aromatic rings. The summed E-state index contributed by atoms with van der Waals surface area (Å²) < 4.78 is 64.9. The highest BCUT2D eigenvalue weighted by Crippen LogP contribution is 2.31. The Labute approximate surface area is 127 Å². The van der Waals surface area contributed by atoms with E-state index in [1.165, 1.54) is 0 Å². The van der Waals surface area contributed by atoms with Gasteiger partial charge in [0, 0.05) is 11.4 Å².